The quantitative estimate of drug-likeness (QED) is 0.304. The lowest BCUT2D eigenvalue weighted by Crippen LogP contribution is -2.27. The molecule has 25 heavy (non-hydrogen) atoms. The lowest BCUT2D eigenvalue weighted by atomic mass is 10.2. The van der Waals surface area contributed by atoms with E-state index < -0.39 is 4.92 Å². The number of methoxy groups -OCH3 is 1. The van der Waals surface area contributed by atoms with Crippen LogP contribution in [0.2, 0.25) is 0 Å². The van der Waals surface area contributed by atoms with Gasteiger partial charge in [-0.2, -0.15) is 0 Å². The van der Waals surface area contributed by atoms with Gasteiger partial charge < -0.3 is 15.0 Å². The molecule has 0 bridgehead atoms. The maximum Gasteiger partial charge on any atom is 0.269 e. The Kier molecular flexibility index (Phi) is 7.10. The Morgan fingerprint density at radius 2 is 2.12 bits per heavy atom. The number of thioether (sulfide) groups is 1. The van der Waals surface area contributed by atoms with Gasteiger partial charge in [-0.25, -0.2) is 0 Å². The molecule has 0 fully saturated rings. The topological polar surface area (TPSA) is 110 Å². The van der Waals surface area contributed by atoms with Crippen molar-refractivity contribution in [2.75, 3.05) is 43.3 Å². The van der Waals surface area contributed by atoms with Crippen molar-refractivity contribution in [2.45, 2.75) is 4.34 Å². The van der Waals surface area contributed by atoms with Crippen LogP contribution in [0.1, 0.15) is 0 Å². The number of benzene rings is 1. The lowest BCUT2D eigenvalue weighted by molar-refractivity contribution is -0.384. The van der Waals surface area contributed by atoms with Gasteiger partial charge in [0.15, 0.2) is 4.34 Å². The molecular formula is C14H17N5O4S2. The highest BCUT2D eigenvalue weighted by Crippen LogP contribution is 2.26. The molecule has 134 valence electrons. The molecule has 0 aliphatic rings. The van der Waals surface area contributed by atoms with E-state index in [0.717, 1.165) is 0 Å². The van der Waals surface area contributed by atoms with Crippen LogP contribution >= 0.6 is 23.1 Å². The van der Waals surface area contributed by atoms with E-state index in [1.807, 2.05) is 0 Å². The normalized spacial score (nSPS) is 10.5. The summed E-state index contributed by atoms with van der Waals surface area (Å²) in [4.78, 5) is 23.9. The predicted molar refractivity (Wildman–Crippen MR) is 97.5 cm³/mol. The van der Waals surface area contributed by atoms with Crippen LogP contribution in [0.15, 0.2) is 28.6 Å². The number of carbonyl (C=O) groups excluding carboxylic acids is 1. The van der Waals surface area contributed by atoms with E-state index in [4.69, 9.17) is 4.74 Å². The third kappa shape index (κ3) is 5.66. The maximum absolute atomic E-state index is 12.2. The second-order valence-electron chi connectivity index (χ2n) is 4.81. The third-order valence-corrected chi connectivity index (χ3v) is 5.13. The first-order valence-corrected chi connectivity index (χ1v) is 9.01. The average Bonchev–Trinajstić information content (AvgIpc) is 3.07. The molecular weight excluding hydrogens is 366 g/mol. The number of non-ortho nitro benzene ring substituents is 1. The predicted octanol–water partition coefficient (Wildman–Crippen LogP) is 2.26. The Morgan fingerprint density at radius 3 is 2.76 bits per heavy atom. The summed E-state index contributed by atoms with van der Waals surface area (Å²) in [6.45, 7) is 1.21. The summed E-state index contributed by atoms with van der Waals surface area (Å²) in [6.07, 6.45) is 0. The first kappa shape index (κ1) is 19.1. The molecule has 0 atom stereocenters. The van der Waals surface area contributed by atoms with Crippen molar-refractivity contribution in [2.24, 2.45) is 0 Å². The van der Waals surface area contributed by atoms with Crippen LogP contribution in [-0.2, 0) is 9.53 Å². The van der Waals surface area contributed by atoms with Crippen LogP contribution in [0.4, 0.5) is 16.5 Å². The van der Waals surface area contributed by atoms with Crippen molar-refractivity contribution in [3.8, 4) is 0 Å². The number of carbonyl (C=O) groups is 1. The van der Waals surface area contributed by atoms with Gasteiger partial charge in [0.2, 0.25) is 11.0 Å². The standard InChI is InChI=1S/C14H17N5O4S2/c1-18(10-3-5-11(6-4-10)19(21)22)12(20)9-24-14-17-16-13(25-14)15-7-8-23-2/h3-6H,7-9H2,1-2H3,(H,15,16). The summed E-state index contributed by atoms with van der Waals surface area (Å²) in [7, 11) is 3.25. The van der Waals surface area contributed by atoms with Gasteiger partial charge in [-0.05, 0) is 12.1 Å². The van der Waals surface area contributed by atoms with Crippen LogP contribution in [0.25, 0.3) is 0 Å². The summed E-state index contributed by atoms with van der Waals surface area (Å²) in [5.41, 5.74) is 0.580. The highest BCUT2D eigenvalue weighted by Gasteiger charge is 2.14. The minimum atomic E-state index is -0.477. The first-order valence-electron chi connectivity index (χ1n) is 7.21. The molecule has 1 heterocycles. The average molecular weight is 383 g/mol. The summed E-state index contributed by atoms with van der Waals surface area (Å²) >= 11 is 2.66. The number of nitrogens with one attached hydrogen (secondary N) is 1. The molecule has 2 rings (SSSR count). The fourth-order valence-electron chi connectivity index (χ4n) is 1.76. The number of nitrogens with zero attached hydrogens (tertiary/aromatic N) is 4. The number of rotatable bonds is 9. The SMILES string of the molecule is COCCNc1nnc(SCC(=O)N(C)c2ccc([N+](=O)[O-])cc2)s1. The van der Waals surface area contributed by atoms with Crippen LogP contribution in [0, 0.1) is 10.1 Å². The molecule has 1 N–H and O–H groups in total. The van der Waals surface area contributed by atoms with Crippen molar-refractivity contribution < 1.29 is 14.5 Å². The maximum atomic E-state index is 12.2. The third-order valence-electron chi connectivity index (χ3n) is 3.13. The zero-order valence-corrected chi connectivity index (χ0v) is 15.3. The Bertz CT molecular complexity index is 722. The molecule has 1 amide bonds. The minimum absolute atomic E-state index is 0.0127. The van der Waals surface area contributed by atoms with E-state index in [1.54, 1.807) is 26.3 Å². The molecule has 0 saturated carbocycles. The van der Waals surface area contributed by atoms with E-state index in [0.29, 0.717) is 28.3 Å². The number of nitro benzene ring substituents is 1. The summed E-state index contributed by atoms with van der Waals surface area (Å²) in [5, 5.41) is 22.4. The van der Waals surface area contributed by atoms with Crippen molar-refractivity contribution >= 4 is 45.5 Å². The van der Waals surface area contributed by atoms with Crippen LogP contribution in [-0.4, -0.2) is 54.1 Å². The van der Waals surface area contributed by atoms with Crippen molar-refractivity contribution in [1.29, 1.82) is 0 Å². The van der Waals surface area contributed by atoms with Crippen LogP contribution in [0.5, 0.6) is 0 Å². The Balaban J connectivity index is 1.85. The van der Waals surface area contributed by atoms with Gasteiger partial charge in [0.25, 0.3) is 5.69 Å². The zero-order valence-electron chi connectivity index (χ0n) is 13.7. The summed E-state index contributed by atoms with van der Waals surface area (Å²) < 4.78 is 5.62. The molecule has 0 saturated heterocycles. The monoisotopic (exact) mass is 383 g/mol. The molecule has 9 nitrogen and oxygen atoms in total. The van der Waals surface area contributed by atoms with Gasteiger partial charge in [-0.3, -0.25) is 14.9 Å². The fraction of sp³-hybridized carbons (Fsp3) is 0.357. The van der Waals surface area contributed by atoms with Gasteiger partial charge in [0.05, 0.1) is 17.3 Å². The first-order chi connectivity index (χ1) is 12.0. The van der Waals surface area contributed by atoms with E-state index in [-0.39, 0.29) is 17.3 Å². The van der Waals surface area contributed by atoms with E-state index in [9.17, 15) is 14.9 Å². The highest BCUT2D eigenvalue weighted by molar-refractivity contribution is 8.01. The van der Waals surface area contributed by atoms with Crippen LogP contribution in [0.3, 0.4) is 0 Å². The molecule has 0 unspecified atom stereocenters. The Hall–Kier alpha value is -2.24. The molecule has 0 spiro atoms. The summed E-state index contributed by atoms with van der Waals surface area (Å²) in [5.74, 6) is 0.0585. The number of amides is 1. The second-order valence-corrected chi connectivity index (χ2v) is 7.01. The van der Waals surface area contributed by atoms with Gasteiger partial charge >= 0.3 is 0 Å². The molecule has 1 aromatic carbocycles. The molecule has 0 radical (unpaired) electrons. The van der Waals surface area contributed by atoms with Gasteiger partial charge in [-0.1, -0.05) is 23.1 Å². The molecule has 0 aliphatic carbocycles. The Labute approximate surface area is 152 Å². The largest absolute Gasteiger partial charge is 0.383 e. The van der Waals surface area contributed by atoms with Crippen molar-refractivity contribution in [1.82, 2.24) is 10.2 Å². The fourth-order valence-corrected chi connectivity index (χ4v) is 3.45. The minimum Gasteiger partial charge on any atom is -0.383 e. The number of anilines is 2. The second kappa shape index (κ2) is 9.30. The smallest absolute Gasteiger partial charge is 0.269 e. The lowest BCUT2D eigenvalue weighted by Gasteiger charge is -2.16. The summed E-state index contributed by atoms with van der Waals surface area (Å²) in [6, 6.07) is 5.83. The number of ether oxygens (including phenoxy) is 1. The Morgan fingerprint density at radius 1 is 1.40 bits per heavy atom. The van der Waals surface area contributed by atoms with Gasteiger partial charge in [0.1, 0.15) is 0 Å². The van der Waals surface area contributed by atoms with E-state index >= 15 is 0 Å². The van der Waals surface area contributed by atoms with Gasteiger partial charge in [-0.15, -0.1) is 10.2 Å². The van der Waals surface area contributed by atoms with Crippen molar-refractivity contribution in [3.05, 3.63) is 34.4 Å². The van der Waals surface area contributed by atoms with Crippen LogP contribution < -0.4 is 10.2 Å². The number of hydrogen-bond donors (Lipinski definition) is 1. The van der Waals surface area contributed by atoms with E-state index in [2.05, 4.69) is 15.5 Å². The molecule has 2 aromatic rings. The van der Waals surface area contributed by atoms with Crippen molar-refractivity contribution in [3.63, 3.8) is 0 Å². The highest BCUT2D eigenvalue weighted by atomic mass is 32.2. The number of nitro groups is 1. The zero-order chi connectivity index (χ0) is 18.2. The number of hydrogen-bond acceptors (Lipinski definition) is 9. The molecule has 0 aliphatic heterocycles. The van der Waals surface area contributed by atoms with E-state index in [1.165, 1.54) is 40.1 Å². The van der Waals surface area contributed by atoms with Gasteiger partial charge in [0, 0.05) is 38.5 Å². The molecule has 11 heteroatoms. The molecule has 1 aromatic heterocycles. The number of aromatic nitrogens is 2.